The molecule has 2 rings (SSSR count). The summed E-state index contributed by atoms with van der Waals surface area (Å²) in [6, 6.07) is 5.64. The van der Waals surface area contributed by atoms with E-state index in [-0.39, 0.29) is 22.0 Å². The molecular formula is C13H8F4N2O2S. The molecule has 116 valence electrons. The van der Waals surface area contributed by atoms with Crippen LogP contribution in [0.3, 0.4) is 0 Å². The minimum atomic E-state index is -4.64. The van der Waals surface area contributed by atoms with Crippen LogP contribution in [0, 0.1) is 15.9 Å². The summed E-state index contributed by atoms with van der Waals surface area (Å²) in [4.78, 5) is 10.1. The van der Waals surface area contributed by atoms with Crippen LogP contribution in [0.1, 0.15) is 5.56 Å². The summed E-state index contributed by atoms with van der Waals surface area (Å²) in [6.45, 7) is 0. The first-order valence-corrected chi connectivity index (χ1v) is 6.24. The molecule has 0 spiro atoms. The summed E-state index contributed by atoms with van der Waals surface area (Å²) >= 11 is 4.02. The Hall–Kier alpha value is -2.29. The molecule has 0 unspecified atom stereocenters. The average Bonchev–Trinajstić information content (AvgIpc) is 2.41. The van der Waals surface area contributed by atoms with E-state index in [0.29, 0.717) is 6.07 Å². The lowest BCUT2D eigenvalue weighted by Crippen LogP contribution is -2.06. The van der Waals surface area contributed by atoms with E-state index in [9.17, 15) is 27.7 Å². The van der Waals surface area contributed by atoms with Crippen LogP contribution in [0.2, 0.25) is 0 Å². The van der Waals surface area contributed by atoms with Gasteiger partial charge in [-0.05, 0) is 24.3 Å². The maximum Gasteiger partial charge on any atom is 0.416 e. The van der Waals surface area contributed by atoms with E-state index in [0.717, 1.165) is 18.2 Å². The number of hydrogen-bond donors (Lipinski definition) is 2. The van der Waals surface area contributed by atoms with Crippen molar-refractivity contribution >= 4 is 29.7 Å². The van der Waals surface area contributed by atoms with Crippen molar-refractivity contribution in [3.05, 3.63) is 57.9 Å². The Morgan fingerprint density at radius 2 is 1.73 bits per heavy atom. The Balaban J connectivity index is 2.30. The van der Waals surface area contributed by atoms with Crippen LogP contribution < -0.4 is 5.32 Å². The number of nitrogens with zero attached hydrogens (tertiary/aromatic N) is 1. The maximum absolute atomic E-state index is 13.7. The van der Waals surface area contributed by atoms with Gasteiger partial charge in [0.1, 0.15) is 5.82 Å². The van der Waals surface area contributed by atoms with Gasteiger partial charge in [0.05, 0.1) is 21.9 Å². The minimum Gasteiger partial charge on any atom is -0.352 e. The molecule has 0 radical (unpaired) electrons. The highest BCUT2D eigenvalue weighted by molar-refractivity contribution is 7.80. The molecule has 0 aliphatic rings. The molecule has 9 heteroatoms. The molecule has 0 fully saturated rings. The molecule has 0 heterocycles. The first kappa shape index (κ1) is 16.1. The van der Waals surface area contributed by atoms with Gasteiger partial charge in [0.2, 0.25) is 0 Å². The second-order valence-corrected chi connectivity index (χ2v) is 4.76. The lowest BCUT2D eigenvalue weighted by atomic mass is 10.2. The molecule has 2 aromatic carbocycles. The highest BCUT2D eigenvalue weighted by Crippen LogP contribution is 2.33. The zero-order chi connectivity index (χ0) is 16.5. The molecule has 2 aromatic rings. The van der Waals surface area contributed by atoms with Gasteiger partial charge in [-0.15, -0.1) is 12.6 Å². The predicted octanol–water partition coefficient (Wildman–Crippen LogP) is 4.79. The molecule has 0 aliphatic heterocycles. The van der Waals surface area contributed by atoms with E-state index in [2.05, 4.69) is 17.9 Å². The molecule has 1 N–H and O–H groups in total. The van der Waals surface area contributed by atoms with E-state index in [4.69, 9.17) is 0 Å². The summed E-state index contributed by atoms with van der Waals surface area (Å²) in [5.74, 6) is -1.10. The van der Waals surface area contributed by atoms with Crippen LogP contribution >= 0.6 is 12.6 Å². The molecule has 0 bridgehead atoms. The van der Waals surface area contributed by atoms with Gasteiger partial charge >= 0.3 is 6.18 Å². The quantitative estimate of drug-likeness (QED) is 0.368. The Labute approximate surface area is 127 Å². The fraction of sp³-hybridized carbons (Fsp3) is 0.0769. The topological polar surface area (TPSA) is 55.2 Å². The van der Waals surface area contributed by atoms with Gasteiger partial charge in [0.15, 0.2) is 0 Å². The number of halogens is 4. The molecule has 0 atom stereocenters. The van der Waals surface area contributed by atoms with Crippen molar-refractivity contribution in [3.8, 4) is 0 Å². The normalized spacial score (nSPS) is 11.3. The van der Waals surface area contributed by atoms with Crippen molar-refractivity contribution in [1.82, 2.24) is 0 Å². The molecule has 4 nitrogen and oxygen atoms in total. The number of nitro groups is 1. The zero-order valence-corrected chi connectivity index (χ0v) is 11.6. The third kappa shape index (κ3) is 3.48. The van der Waals surface area contributed by atoms with Crippen molar-refractivity contribution in [1.29, 1.82) is 0 Å². The van der Waals surface area contributed by atoms with Crippen molar-refractivity contribution < 1.29 is 22.5 Å². The number of alkyl halides is 3. The van der Waals surface area contributed by atoms with E-state index in [1.807, 2.05) is 0 Å². The standard InChI is InChI=1S/C13H8F4N2O2S/c14-9-5-7(13(15,16)17)1-3-10(9)18-11-4-2-8(19(20)21)6-12(11)22/h1-6,18,22H. The van der Waals surface area contributed by atoms with E-state index >= 15 is 0 Å². The van der Waals surface area contributed by atoms with Crippen LogP contribution in [0.25, 0.3) is 0 Å². The molecule has 0 saturated heterocycles. The van der Waals surface area contributed by atoms with Gasteiger partial charge in [-0.25, -0.2) is 4.39 Å². The number of thiol groups is 1. The Morgan fingerprint density at radius 3 is 2.23 bits per heavy atom. The van der Waals surface area contributed by atoms with E-state index < -0.39 is 22.5 Å². The van der Waals surface area contributed by atoms with Gasteiger partial charge in [0.25, 0.3) is 5.69 Å². The predicted molar refractivity (Wildman–Crippen MR) is 75.0 cm³/mol. The van der Waals surface area contributed by atoms with Gasteiger partial charge in [-0.3, -0.25) is 10.1 Å². The van der Waals surface area contributed by atoms with Gasteiger partial charge < -0.3 is 5.32 Å². The highest BCUT2D eigenvalue weighted by Gasteiger charge is 2.31. The molecule has 0 aromatic heterocycles. The Kier molecular flexibility index (Phi) is 4.27. The second kappa shape index (κ2) is 5.84. The summed E-state index contributed by atoms with van der Waals surface area (Å²) in [6.07, 6.45) is -4.64. The SMILES string of the molecule is O=[N+]([O-])c1ccc(Nc2ccc(C(F)(F)F)cc2F)c(S)c1. The fourth-order valence-corrected chi connectivity index (χ4v) is 1.94. The first-order chi connectivity index (χ1) is 10.2. The number of rotatable bonds is 3. The fourth-order valence-electron chi connectivity index (χ4n) is 1.68. The summed E-state index contributed by atoms with van der Waals surface area (Å²) < 4.78 is 51.1. The zero-order valence-electron chi connectivity index (χ0n) is 10.7. The number of nitro benzene ring substituents is 1. The summed E-state index contributed by atoms with van der Waals surface area (Å²) in [7, 11) is 0. The van der Waals surface area contributed by atoms with Crippen molar-refractivity contribution in [2.75, 3.05) is 5.32 Å². The highest BCUT2D eigenvalue weighted by atomic mass is 32.1. The maximum atomic E-state index is 13.7. The number of benzene rings is 2. The van der Waals surface area contributed by atoms with Crippen LogP contribution in [-0.2, 0) is 6.18 Å². The molecule has 22 heavy (non-hydrogen) atoms. The van der Waals surface area contributed by atoms with Gasteiger partial charge in [0, 0.05) is 17.0 Å². The van der Waals surface area contributed by atoms with Crippen molar-refractivity contribution in [3.63, 3.8) is 0 Å². The van der Waals surface area contributed by atoms with Crippen LogP contribution in [0.4, 0.5) is 34.6 Å². The third-order valence-corrected chi connectivity index (χ3v) is 3.13. The molecule has 0 amide bonds. The third-order valence-electron chi connectivity index (χ3n) is 2.76. The Bertz CT molecular complexity index is 734. The molecular weight excluding hydrogens is 324 g/mol. The van der Waals surface area contributed by atoms with Gasteiger partial charge in [-0.2, -0.15) is 13.2 Å². The minimum absolute atomic E-state index is 0.161. The van der Waals surface area contributed by atoms with E-state index in [1.54, 1.807) is 0 Å². The molecule has 0 saturated carbocycles. The van der Waals surface area contributed by atoms with Crippen molar-refractivity contribution in [2.45, 2.75) is 11.1 Å². The van der Waals surface area contributed by atoms with Crippen LogP contribution in [0.15, 0.2) is 41.3 Å². The lowest BCUT2D eigenvalue weighted by Gasteiger charge is -2.12. The van der Waals surface area contributed by atoms with Crippen LogP contribution in [0.5, 0.6) is 0 Å². The van der Waals surface area contributed by atoms with Gasteiger partial charge in [-0.1, -0.05) is 0 Å². The number of non-ortho nitro benzene ring substituents is 1. The number of hydrogen-bond acceptors (Lipinski definition) is 4. The van der Waals surface area contributed by atoms with E-state index in [1.165, 1.54) is 12.1 Å². The molecule has 0 aliphatic carbocycles. The lowest BCUT2D eigenvalue weighted by molar-refractivity contribution is -0.385. The smallest absolute Gasteiger partial charge is 0.352 e. The van der Waals surface area contributed by atoms with Crippen LogP contribution in [-0.4, -0.2) is 4.92 Å². The second-order valence-electron chi connectivity index (χ2n) is 4.28. The Morgan fingerprint density at radius 1 is 1.09 bits per heavy atom. The largest absolute Gasteiger partial charge is 0.416 e. The monoisotopic (exact) mass is 332 g/mol. The van der Waals surface area contributed by atoms with Crippen molar-refractivity contribution in [2.24, 2.45) is 0 Å². The number of anilines is 2. The average molecular weight is 332 g/mol. The first-order valence-electron chi connectivity index (χ1n) is 5.79. The summed E-state index contributed by atoms with van der Waals surface area (Å²) in [5.41, 5.74) is -1.28. The number of nitrogens with one attached hydrogen (secondary N) is 1. The summed E-state index contributed by atoms with van der Waals surface area (Å²) in [5, 5.41) is 13.1.